The number of carbonyl (C=O) groups is 1. The van der Waals surface area contributed by atoms with Crippen LogP contribution in [0.25, 0.3) is 0 Å². The Morgan fingerprint density at radius 1 is 1.15 bits per heavy atom. The molecule has 0 aliphatic carbocycles. The lowest BCUT2D eigenvalue weighted by molar-refractivity contribution is 0.0740. The van der Waals surface area contributed by atoms with E-state index in [0.717, 1.165) is 22.6 Å². The molecule has 0 saturated carbocycles. The zero-order chi connectivity index (χ0) is 18.7. The van der Waals surface area contributed by atoms with Crippen LogP contribution in [-0.4, -0.2) is 32.6 Å². The molecule has 134 valence electrons. The fourth-order valence-corrected chi connectivity index (χ4v) is 2.96. The zero-order valence-electron chi connectivity index (χ0n) is 15.7. The quantitative estimate of drug-likeness (QED) is 0.705. The van der Waals surface area contributed by atoms with Crippen LogP contribution in [0.4, 0.5) is 0 Å². The molecule has 2 aromatic heterocycles. The molecule has 0 aliphatic heterocycles. The second kappa shape index (κ2) is 7.52. The smallest absolute Gasteiger partial charge is 0.254 e. The number of aryl methyl sites for hydroxylation is 2. The van der Waals surface area contributed by atoms with Crippen molar-refractivity contribution in [1.29, 1.82) is 0 Å². The molecule has 3 rings (SSSR count). The number of benzene rings is 1. The third-order valence-electron chi connectivity index (χ3n) is 4.65. The van der Waals surface area contributed by atoms with Crippen LogP contribution < -0.4 is 0 Å². The summed E-state index contributed by atoms with van der Waals surface area (Å²) in [5.41, 5.74) is 4.82. The number of carbonyl (C=O) groups excluding carboxylic acids is 1. The summed E-state index contributed by atoms with van der Waals surface area (Å²) in [5.74, 6) is -0.0131. The van der Waals surface area contributed by atoms with Crippen molar-refractivity contribution < 1.29 is 4.79 Å². The number of aromatic nitrogens is 3. The Labute approximate surface area is 154 Å². The number of pyridine rings is 1. The van der Waals surface area contributed by atoms with Crippen molar-refractivity contribution in [3.63, 3.8) is 0 Å². The van der Waals surface area contributed by atoms with Gasteiger partial charge < -0.3 is 4.90 Å². The highest BCUT2D eigenvalue weighted by molar-refractivity contribution is 5.94. The van der Waals surface area contributed by atoms with Gasteiger partial charge in [-0.15, -0.1) is 0 Å². The van der Waals surface area contributed by atoms with Crippen molar-refractivity contribution in [3.05, 3.63) is 82.9 Å². The second-order valence-electron chi connectivity index (χ2n) is 6.63. The zero-order valence-corrected chi connectivity index (χ0v) is 15.7. The van der Waals surface area contributed by atoms with Crippen molar-refractivity contribution >= 4 is 5.91 Å². The predicted molar refractivity (Wildman–Crippen MR) is 102 cm³/mol. The van der Waals surface area contributed by atoms with Gasteiger partial charge in [-0.3, -0.25) is 14.5 Å². The standard InChI is InChI=1S/C21H24N4O/c1-15-13-16(2)25(23-15)14-18-8-10-19(11-9-18)21(26)24(4)17(3)20-7-5-6-12-22-20/h5-13,17H,14H2,1-4H3/t17-/m0/s1. The lowest BCUT2D eigenvalue weighted by atomic mass is 10.1. The van der Waals surface area contributed by atoms with Crippen molar-refractivity contribution in [2.45, 2.75) is 33.4 Å². The van der Waals surface area contributed by atoms with E-state index >= 15 is 0 Å². The van der Waals surface area contributed by atoms with Crippen LogP contribution >= 0.6 is 0 Å². The van der Waals surface area contributed by atoms with E-state index in [1.54, 1.807) is 11.1 Å². The Kier molecular flexibility index (Phi) is 5.16. The van der Waals surface area contributed by atoms with Gasteiger partial charge in [0.2, 0.25) is 0 Å². The van der Waals surface area contributed by atoms with E-state index in [0.29, 0.717) is 12.1 Å². The van der Waals surface area contributed by atoms with Crippen LogP contribution in [0, 0.1) is 13.8 Å². The summed E-state index contributed by atoms with van der Waals surface area (Å²) >= 11 is 0. The summed E-state index contributed by atoms with van der Waals surface area (Å²) in [6.45, 7) is 6.72. The van der Waals surface area contributed by atoms with Gasteiger partial charge in [0, 0.05) is 24.5 Å². The molecule has 0 bridgehead atoms. The third kappa shape index (κ3) is 3.82. The fourth-order valence-electron chi connectivity index (χ4n) is 2.96. The van der Waals surface area contributed by atoms with E-state index in [2.05, 4.69) is 16.1 Å². The molecule has 0 spiro atoms. The third-order valence-corrected chi connectivity index (χ3v) is 4.65. The highest BCUT2D eigenvalue weighted by atomic mass is 16.2. The summed E-state index contributed by atoms with van der Waals surface area (Å²) in [4.78, 5) is 18.8. The van der Waals surface area contributed by atoms with Crippen molar-refractivity contribution in [1.82, 2.24) is 19.7 Å². The molecule has 5 nitrogen and oxygen atoms in total. The summed E-state index contributed by atoms with van der Waals surface area (Å²) in [5, 5.41) is 4.48. The Morgan fingerprint density at radius 2 is 1.88 bits per heavy atom. The molecule has 1 aromatic carbocycles. The summed E-state index contributed by atoms with van der Waals surface area (Å²) in [6, 6.07) is 15.5. The van der Waals surface area contributed by atoms with Gasteiger partial charge in [-0.05, 0) is 56.7 Å². The first-order chi connectivity index (χ1) is 12.5. The number of hydrogen-bond donors (Lipinski definition) is 0. The molecule has 0 saturated heterocycles. The van der Waals surface area contributed by atoms with E-state index in [1.807, 2.05) is 75.0 Å². The van der Waals surface area contributed by atoms with Gasteiger partial charge in [-0.25, -0.2) is 0 Å². The maximum atomic E-state index is 12.8. The summed E-state index contributed by atoms with van der Waals surface area (Å²) in [7, 11) is 1.81. The van der Waals surface area contributed by atoms with Crippen molar-refractivity contribution in [2.24, 2.45) is 0 Å². The van der Waals surface area contributed by atoms with Gasteiger partial charge in [-0.2, -0.15) is 5.10 Å². The van der Waals surface area contributed by atoms with Crippen LogP contribution in [-0.2, 0) is 6.54 Å². The van der Waals surface area contributed by atoms with Crippen LogP contribution in [0.5, 0.6) is 0 Å². The molecule has 0 radical (unpaired) electrons. The van der Waals surface area contributed by atoms with Gasteiger partial charge in [0.25, 0.3) is 5.91 Å². The minimum absolute atomic E-state index is 0.0131. The first-order valence-electron chi connectivity index (χ1n) is 8.74. The number of amides is 1. The van der Waals surface area contributed by atoms with Crippen LogP contribution in [0.3, 0.4) is 0 Å². The van der Waals surface area contributed by atoms with Gasteiger partial charge in [0.15, 0.2) is 0 Å². The number of nitrogens with zero attached hydrogens (tertiary/aromatic N) is 4. The van der Waals surface area contributed by atoms with E-state index in [4.69, 9.17) is 0 Å². The van der Waals surface area contributed by atoms with E-state index in [9.17, 15) is 4.79 Å². The SMILES string of the molecule is Cc1cc(C)n(Cc2ccc(C(=O)N(C)[C@@H](C)c3ccccn3)cc2)n1. The fraction of sp³-hybridized carbons (Fsp3) is 0.286. The molecular formula is C21H24N4O. The Bertz CT molecular complexity index is 884. The lowest BCUT2D eigenvalue weighted by Gasteiger charge is -2.24. The summed E-state index contributed by atoms with van der Waals surface area (Å²) in [6.07, 6.45) is 1.75. The van der Waals surface area contributed by atoms with Crippen LogP contribution in [0.1, 0.15) is 46.0 Å². The monoisotopic (exact) mass is 348 g/mol. The maximum absolute atomic E-state index is 12.8. The predicted octanol–water partition coefficient (Wildman–Crippen LogP) is 3.78. The van der Waals surface area contributed by atoms with Gasteiger partial charge >= 0.3 is 0 Å². The van der Waals surface area contributed by atoms with Gasteiger partial charge in [0.05, 0.1) is 24.0 Å². The molecule has 1 amide bonds. The lowest BCUT2D eigenvalue weighted by Crippen LogP contribution is -2.30. The topological polar surface area (TPSA) is 51.0 Å². The Hall–Kier alpha value is -2.95. The van der Waals surface area contributed by atoms with Gasteiger partial charge in [-0.1, -0.05) is 18.2 Å². The van der Waals surface area contributed by atoms with Crippen molar-refractivity contribution in [3.8, 4) is 0 Å². The first-order valence-corrected chi connectivity index (χ1v) is 8.74. The maximum Gasteiger partial charge on any atom is 0.254 e. The normalized spacial score (nSPS) is 12.0. The average molecular weight is 348 g/mol. The largest absolute Gasteiger partial charge is 0.333 e. The Balaban J connectivity index is 1.71. The number of hydrogen-bond acceptors (Lipinski definition) is 3. The molecule has 2 heterocycles. The molecule has 3 aromatic rings. The van der Waals surface area contributed by atoms with E-state index in [1.165, 1.54) is 0 Å². The molecule has 26 heavy (non-hydrogen) atoms. The Morgan fingerprint density at radius 3 is 2.46 bits per heavy atom. The van der Waals surface area contributed by atoms with E-state index < -0.39 is 0 Å². The highest BCUT2D eigenvalue weighted by Gasteiger charge is 2.19. The number of rotatable bonds is 5. The average Bonchev–Trinajstić information content (AvgIpc) is 2.98. The molecular weight excluding hydrogens is 324 g/mol. The minimum atomic E-state index is -0.0851. The molecule has 0 N–H and O–H groups in total. The van der Waals surface area contributed by atoms with Crippen molar-refractivity contribution in [2.75, 3.05) is 7.05 Å². The highest BCUT2D eigenvalue weighted by Crippen LogP contribution is 2.19. The minimum Gasteiger partial charge on any atom is -0.333 e. The first kappa shape index (κ1) is 17.9. The van der Waals surface area contributed by atoms with E-state index in [-0.39, 0.29) is 11.9 Å². The van der Waals surface area contributed by atoms with Crippen LogP contribution in [0.15, 0.2) is 54.7 Å². The molecule has 0 unspecified atom stereocenters. The molecule has 5 heteroatoms. The second-order valence-corrected chi connectivity index (χ2v) is 6.63. The van der Waals surface area contributed by atoms with Crippen LogP contribution in [0.2, 0.25) is 0 Å². The van der Waals surface area contributed by atoms with Gasteiger partial charge in [0.1, 0.15) is 0 Å². The summed E-state index contributed by atoms with van der Waals surface area (Å²) < 4.78 is 1.97. The molecule has 0 aliphatic rings. The molecule has 0 fully saturated rings. The molecule has 1 atom stereocenters.